The molecule has 9 heteroatoms. The molecule has 1 aromatic heterocycles. The summed E-state index contributed by atoms with van der Waals surface area (Å²) < 4.78 is 33.3. The molecule has 0 saturated carbocycles. The van der Waals surface area contributed by atoms with Gasteiger partial charge >= 0.3 is 5.97 Å². The number of carbonyl (C=O) groups is 2. The zero-order valence-electron chi connectivity index (χ0n) is 18.7. The van der Waals surface area contributed by atoms with E-state index in [0.717, 1.165) is 23.3 Å². The summed E-state index contributed by atoms with van der Waals surface area (Å²) in [5.41, 5.74) is 2.87. The van der Waals surface area contributed by atoms with Crippen LogP contribution >= 0.6 is 0 Å². The van der Waals surface area contributed by atoms with Gasteiger partial charge in [-0.1, -0.05) is 6.07 Å². The van der Waals surface area contributed by atoms with Gasteiger partial charge in [-0.05, 0) is 56.2 Å². The lowest BCUT2D eigenvalue weighted by Crippen LogP contribution is -2.49. The second-order valence-corrected chi connectivity index (χ2v) is 7.92. The van der Waals surface area contributed by atoms with Crippen molar-refractivity contribution in [3.8, 4) is 0 Å². The molecule has 33 heavy (non-hydrogen) atoms. The van der Waals surface area contributed by atoms with Gasteiger partial charge in [0.05, 0.1) is 17.6 Å². The fourth-order valence-corrected chi connectivity index (χ4v) is 3.84. The first kappa shape index (κ1) is 22.6. The van der Waals surface area contributed by atoms with Gasteiger partial charge in [0.1, 0.15) is 17.2 Å². The highest BCUT2D eigenvalue weighted by Gasteiger charge is 2.30. The van der Waals surface area contributed by atoms with Crippen molar-refractivity contribution in [2.75, 3.05) is 37.7 Å². The maximum Gasteiger partial charge on any atom is 0.360 e. The minimum Gasteiger partial charge on any atom is -0.461 e. The fourth-order valence-electron chi connectivity index (χ4n) is 3.84. The second kappa shape index (κ2) is 9.09. The molecule has 2 aromatic carbocycles. The standard InChI is InChI=1S/C24H24F2N4O3/c1-4-33-24(32)21-22(28-19-13-15(3)14(2)12-18(19)27-21)29-8-10-30(11-9-29)23(31)20-16(25)6-5-7-17(20)26/h5-7,12-13H,4,8-11H2,1-3H3. The van der Waals surface area contributed by atoms with E-state index in [1.807, 2.05) is 30.9 Å². The highest BCUT2D eigenvalue weighted by Crippen LogP contribution is 2.25. The van der Waals surface area contributed by atoms with E-state index in [-0.39, 0.29) is 25.4 Å². The Morgan fingerprint density at radius 2 is 1.55 bits per heavy atom. The summed E-state index contributed by atoms with van der Waals surface area (Å²) in [5, 5.41) is 0. The van der Waals surface area contributed by atoms with Crippen LogP contribution in [0.2, 0.25) is 0 Å². The number of hydrogen-bond donors (Lipinski definition) is 0. The summed E-state index contributed by atoms with van der Waals surface area (Å²) in [6.45, 7) is 6.90. The number of benzene rings is 2. The highest BCUT2D eigenvalue weighted by molar-refractivity contribution is 5.96. The van der Waals surface area contributed by atoms with Crippen LogP contribution in [0.1, 0.15) is 38.9 Å². The molecule has 0 radical (unpaired) electrons. The normalized spacial score (nSPS) is 14.0. The number of halogens is 2. The van der Waals surface area contributed by atoms with Gasteiger partial charge in [-0.15, -0.1) is 0 Å². The molecule has 172 valence electrons. The Balaban J connectivity index is 1.63. The van der Waals surface area contributed by atoms with Gasteiger partial charge < -0.3 is 14.5 Å². The summed E-state index contributed by atoms with van der Waals surface area (Å²) in [4.78, 5) is 37.8. The first-order valence-electron chi connectivity index (χ1n) is 10.7. The van der Waals surface area contributed by atoms with Crippen LogP contribution in [-0.4, -0.2) is 59.5 Å². The fraction of sp³-hybridized carbons (Fsp3) is 0.333. The maximum atomic E-state index is 14.1. The van der Waals surface area contributed by atoms with Gasteiger partial charge in [0.25, 0.3) is 5.91 Å². The summed E-state index contributed by atoms with van der Waals surface area (Å²) in [6, 6.07) is 7.14. The molecular formula is C24H24F2N4O3. The average molecular weight is 454 g/mol. The lowest BCUT2D eigenvalue weighted by molar-refractivity contribution is 0.0519. The number of esters is 1. The number of nitrogens with zero attached hydrogens (tertiary/aromatic N) is 4. The summed E-state index contributed by atoms with van der Waals surface area (Å²) in [7, 11) is 0. The Labute approximate surface area is 190 Å². The SMILES string of the molecule is CCOC(=O)c1nc2cc(C)c(C)cc2nc1N1CCN(C(=O)c2c(F)cccc2F)CC1. The smallest absolute Gasteiger partial charge is 0.360 e. The Bertz CT molecular complexity index is 1220. The molecule has 0 atom stereocenters. The molecule has 1 saturated heterocycles. The van der Waals surface area contributed by atoms with Crippen molar-refractivity contribution in [2.24, 2.45) is 0 Å². The van der Waals surface area contributed by atoms with Crippen molar-refractivity contribution in [3.05, 3.63) is 64.4 Å². The highest BCUT2D eigenvalue weighted by atomic mass is 19.1. The average Bonchev–Trinajstić information content (AvgIpc) is 2.79. The molecule has 0 bridgehead atoms. The van der Waals surface area contributed by atoms with Crippen LogP contribution in [-0.2, 0) is 4.74 Å². The molecule has 1 aliphatic rings. The molecule has 0 N–H and O–H groups in total. The van der Waals surface area contributed by atoms with Crippen LogP contribution in [0.3, 0.4) is 0 Å². The second-order valence-electron chi connectivity index (χ2n) is 7.92. The van der Waals surface area contributed by atoms with Crippen LogP contribution in [0, 0.1) is 25.5 Å². The minimum atomic E-state index is -0.891. The molecule has 1 fully saturated rings. The van der Waals surface area contributed by atoms with Crippen LogP contribution in [0.25, 0.3) is 11.0 Å². The van der Waals surface area contributed by atoms with Gasteiger partial charge in [-0.2, -0.15) is 0 Å². The molecule has 0 aliphatic carbocycles. The first-order valence-corrected chi connectivity index (χ1v) is 10.7. The van der Waals surface area contributed by atoms with Crippen molar-refractivity contribution in [1.29, 1.82) is 0 Å². The number of fused-ring (bicyclic) bond motifs is 1. The quantitative estimate of drug-likeness (QED) is 0.560. The Kier molecular flexibility index (Phi) is 6.22. The van der Waals surface area contributed by atoms with E-state index in [1.165, 1.54) is 11.0 Å². The van der Waals surface area contributed by atoms with E-state index in [2.05, 4.69) is 4.98 Å². The van der Waals surface area contributed by atoms with E-state index in [4.69, 9.17) is 9.72 Å². The molecule has 1 amide bonds. The molecule has 0 spiro atoms. The van der Waals surface area contributed by atoms with Gasteiger partial charge in [-0.25, -0.2) is 23.5 Å². The number of aromatic nitrogens is 2. The van der Waals surface area contributed by atoms with E-state index >= 15 is 0 Å². The zero-order chi connectivity index (χ0) is 23.7. The first-order chi connectivity index (χ1) is 15.8. The number of rotatable bonds is 4. The molecule has 3 aromatic rings. The monoisotopic (exact) mass is 454 g/mol. The van der Waals surface area contributed by atoms with Crippen LogP contribution in [0.4, 0.5) is 14.6 Å². The van der Waals surface area contributed by atoms with Gasteiger partial charge in [0, 0.05) is 26.2 Å². The lowest BCUT2D eigenvalue weighted by Gasteiger charge is -2.36. The van der Waals surface area contributed by atoms with E-state index in [1.54, 1.807) is 6.92 Å². The predicted molar refractivity (Wildman–Crippen MR) is 119 cm³/mol. The van der Waals surface area contributed by atoms with E-state index in [0.29, 0.717) is 29.9 Å². The van der Waals surface area contributed by atoms with Gasteiger partial charge in [0.15, 0.2) is 11.5 Å². The number of hydrogen-bond acceptors (Lipinski definition) is 6. The largest absolute Gasteiger partial charge is 0.461 e. The number of aryl methyl sites for hydroxylation is 2. The van der Waals surface area contributed by atoms with Crippen molar-refractivity contribution in [3.63, 3.8) is 0 Å². The molecule has 2 heterocycles. The molecule has 1 aliphatic heterocycles. The number of amides is 1. The van der Waals surface area contributed by atoms with Gasteiger partial charge in [0.2, 0.25) is 0 Å². The Hall–Kier alpha value is -3.62. The van der Waals surface area contributed by atoms with Gasteiger partial charge in [-0.3, -0.25) is 4.79 Å². The molecule has 0 unspecified atom stereocenters. The van der Waals surface area contributed by atoms with Crippen molar-refractivity contribution in [1.82, 2.24) is 14.9 Å². The third-order valence-corrected chi connectivity index (χ3v) is 5.77. The summed E-state index contributed by atoms with van der Waals surface area (Å²) in [6.07, 6.45) is 0. The Morgan fingerprint density at radius 1 is 0.970 bits per heavy atom. The van der Waals surface area contributed by atoms with Crippen LogP contribution in [0.15, 0.2) is 30.3 Å². The molecular weight excluding hydrogens is 430 g/mol. The zero-order valence-corrected chi connectivity index (χ0v) is 18.7. The predicted octanol–water partition coefficient (Wildman–Crippen LogP) is 3.66. The third kappa shape index (κ3) is 4.35. The number of ether oxygens (including phenoxy) is 1. The van der Waals surface area contributed by atoms with E-state index in [9.17, 15) is 18.4 Å². The summed E-state index contributed by atoms with van der Waals surface area (Å²) >= 11 is 0. The van der Waals surface area contributed by atoms with Crippen LogP contribution in [0.5, 0.6) is 0 Å². The summed E-state index contributed by atoms with van der Waals surface area (Å²) in [5.74, 6) is -2.69. The molecule has 7 nitrogen and oxygen atoms in total. The third-order valence-electron chi connectivity index (χ3n) is 5.77. The van der Waals surface area contributed by atoms with Crippen LogP contribution < -0.4 is 4.90 Å². The van der Waals surface area contributed by atoms with E-state index < -0.39 is 29.1 Å². The maximum absolute atomic E-state index is 14.1. The topological polar surface area (TPSA) is 75.6 Å². The van der Waals surface area contributed by atoms with Crippen molar-refractivity contribution >= 4 is 28.7 Å². The number of anilines is 1. The Morgan fingerprint density at radius 3 is 2.12 bits per heavy atom. The number of carbonyl (C=O) groups excluding carboxylic acids is 2. The van der Waals surface area contributed by atoms with Crippen molar-refractivity contribution < 1.29 is 23.1 Å². The number of piperazine rings is 1. The minimum absolute atomic E-state index is 0.104. The van der Waals surface area contributed by atoms with Crippen molar-refractivity contribution in [2.45, 2.75) is 20.8 Å². The molecule has 4 rings (SSSR count). The lowest BCUT2D eigenvalue weighted by atomic mass is 10.1.